The molecule has 0 saturated heterocycles. The summed E-state index contributed by atoms with van der Waals surface area (Å²) in [7, 11) is 0. The van der Waals surface area contributed by atoms with Crippen molar-refractivity contribution in [2.45, 2.75) is 45.6 Å². The van der Waals surface area contributed by atoms with Crippen molar-refractivity contribution in [2.24, 2.45) is 0 Å². The van der Waals surface area contributed by atoms with Gasteiger partial charge in [-0.2, -0.15) is 4.98 Å². The molecule has 21 heavy (non-hydrogen) atoms. The summed E-state index contributed by atoms with van der Waals surface area (Å²) in [5, 5.41) is 7.27. The van der Waals surface area contributed by atoms with E-state index in [4.69, 9.17) is 4.52 Å². The highest BCUT2D eigenvalue weighted by atomic mass is 19.1. The molecular weight excluding hydrogens is 269 g/mol. The lowest BCUT2D eigenvalue weighted by molar-refractivity contribution is 0.367. The Morgan fingerprint density at radius 3 is 2.67 bits per heavy atom. The van der Waals surface area contributed by atoms with Crippen molar-refractivity contribution in [3.05, 3.63) is 47.4 Å². The van der Waals surface area contributed by atoms with Crippen molar-refractivity contribution >= 4 is 0 Å². The van der Waals surface area contributed by atoms with Gasteiger partial charge in [-0.1, -0.05) is 37.1 Å². The Hall–Kier alpha value is -1.75. The van der Waals surface area contributed by atoms with Crippen molar-refractivity contribution in [3.8, 4) is 0 Å². The average molecular weight is 291 g/mol. The lowest BCUT2D eigenvalue weighted by Gasteiger charge is -2.18. The summed E-state index contributed by atoms with van der Waals surface area (Å²) in [5.41, 5.74) is 1.12. The van der Waals surface area contributed by atoms with Crippen LogP contribution in [0.2, 0.25) is 0 Å². The highest BCUT2D eigenvalue weighted by Crippen LogP contribution is 2.19. The van der Waals surface area contributed by atoms with E-state index in [-0.39, 0.29) is 11.9 Å². The SMILES string of the molecule is CCCCC(NCCc1nc(C)no1)c1ccc(F)cc1. The third-order valence-corrected chi connectivity index (χ3v) is 3.42. The minimum atomic E-state index is -0.200. The smallest absolute Gasteiger partial charge is 0.227 e. The van der Waals surface area contributed by atoms with Gasteiger partial charge in [0.05, 0.1) is 0 Å². The molecule has 0 spiro atoms. The predicted octanol–water partition coefficient (Wildman–Crippen LogP) is 3.58. The Bertz CT molecular complexity index is 539. The third-order valence-electron chi connectivity index (χ3n) is 3.42. The molecule has 2 aromatic rings. The van der Waals surface area contributed by atoms with E-state index >= 15 is 0 Å². The van der Waals surface area contributed by atoms with Crippen molar-refractivity contribution in [2.75, 3.05) is 6.54 Å². The molecule has 1 unspecified atom stereocenters. The maximum absolute atomic E-state index is 13.0. The lowest BCUT2D eigenvalue weighted by Crippen LogP contribution is -2.24. The summed E-state index contributed by atoms with van der Waals surface area (Å²) in [6, 6.07) is 6.95. The highest BCUT2D eigenvalue weighted by molar-refractivity contribution is 5.19. The second-order valence-electron chi connectivity index (χ2n) is 5.19. The first-order chi connectivity index (χ1) is 10.2. The quantitative estimate of drug-likeness (QED) is 0.807. The van der Waals surface area contributed by atoms with Gasteiger partial charge < -0.3 is 9.84 Å². The average Bonchev–Trinajstić information content (AvgIpc) is 2.89. The van der Waals surface area contributed by atoms with Crippen molar-refractivity contribution in [1.82, 2.24) is 15.5 Å². The Balaban J connectivity index is 1.91. The van der Waals surface area contributed by atoms with Crippen molar-refractivity contribution in [3.63, 3.8) is 0 Å². The van der Waals surface area contributed by atoms with Gasteiger partial charge in [0.15, 0.2) is 5.82 Å². The van der Waals surface area contributed by atoms with Crippen LogP contribution < -0.4 is 5.32 Å². The van der Waals surface area contributed by atoms with Crippen LogP contribution in [-0.2, 0) is 6.42 Å². The zero-order valence-electron chi connectivity index (χ0n) is 12.6. The number of unbranched alkanes of at least 4 members (excludes halogenated alkanes) is 1. The van der Waals surface area contributed by atoms with E-state index in [1.54, 1.807) is 0 Å². The minimum Gasteiger partial charge on any atom is -0.339 e. The fourth-order valence-electron chi connectivity index (χ4n) is 2.28. The van der Waals surface area contributed by atoms with Crippen LogP contribution in [0.1, 0.15) is 49.5 Å². The van der Waals surface area contributed by atoms with Crippen LogP contribution in [0, 0.1) is 12.7 Å². The monoisotopic (exact) mass is 291 g/mol. The van der Waals surface area contributed by atoms with E-state index in [1.165, 1.54) is 12.1 Å². The Morgan fingerprint density at radius 1 is 1.29 bits per heavy atom. The summed E-state index contributed by atoms with van der Waals surface area (Å²) in [4.78, 5) is 4.19. The molecule has 0 radical (unpaired) electrons. The zero-order valence-corrected chi connectivity index (χ0v) is 12.6. The topological polar surface area (TPSA) is 51.0 Å². The van der Waals surface area contributed by atoms with Crippen molar-refractivity contribution < 1.29 is 8.91 Å². The van der Waals surface area contributed by atoms with Crippen LogP contribution in [0.3, 0.4) is 0 Å². The van der Waals surface area contributed by atoms with Gasteiger partial charge in [-0.3, -0.25) is 0 Å². The first kappa shape index (κ1) is 15.6. The zero-order chi connectivity index (χ0) is 15.1. The minimum absolute atomic E-state index is 0.200. The summed E-state index contributed by atoms with van der Waals surface area (Å²) < 4.78 is 18.1. The Morgan fingerprint density at radius 2 is 2.05 bits per heavy atom. The number of hydrogen-bond acceptors (Lipinski definition) is 4. The lowest BCUT2D eigenvalue weighted by atomic mass is 10.0. The second-order valence-corrected chi connectivity index (χ2v) is 5.19. The van der Waals surface area contributed by atoms with Crippen LogP contribution >= 0.6 is 0 Å². The molecule has 4 nitrogen and oxygen atoms in total. The normalized spacial score (nSPS) is 12.5. The van der Waals surface area contributed by atoms with Crippen LogP contribution in [0.25, 0.3) is 0 Å². The van der Waals surface area contributed by atoms with Gasteiger partial charge in [-0.05, 0) is 31.0 Å². The molecule has 0 aliphatic heterocycles. The highest BCUT2D eigenvalue weighted by Gasteiger charge is 2.11. The van der Waals surface area contributed by atoms with E-state index in [0.29, 0.717) is 18.1 Å². The molecule has 114 valence electrons. The summed E-state index contributed by atoms with van der Waals surface area (Å²) in [6.07, 6.45) is 4.01. The number of aryl methyl sites for hydroxylation is 1. The van der Waals surface area contributed by atoms with Gasteiger partial charge in [0.2, 0.25) is 5.89 Å². The molecule has 0 aliphatic carbocycles. The van der Waals surface area contributed by atoms with E-state index < -0.39 is 0 Å². The largest absolute Gasteiger partial charge is 0.339 e. The molecule has 1 atom stereocenters. The summed E-state index contributed by atoms with van der Waals surface area (Å²) >= 11 is 0. The van der Waals surface area contributed by atoms with Gasteiger partial charge >= 0.3 is 0 Å². The molecule has 1 heterocycles. The van der Waals surface area contributed by atoms with Gasteiger partial charge in [0.25, 0.3) is 0 Å². The summed E-state index contributed by atoms with van der Waals surface area (Å²) in [6.45, 7) is 4.74. The Kier molecular flexibility index (Phi) is 5.87. The molecule has 0 fully saturated rings. The molecule has 1 aromatic carbocycles. The number of nitrogens with one attached hydrogen (secondary N) is 1. The standard InChI is InChI=1S/C16H22FN3O/c1-3-4-5-15(13-6-8-14(17)9-7-13)18-11-10-16-19-12(2)20-21-16/h6-9,15,18H,3-5,10-11H2,1-2H3. The first-order valence-electron chi connectivity index (χ1n) is 7.47. The molecular formula is C16H22FN3O. The van der Waals surface area contributed by atoms with Gasteiger partial charge in [-0.25, -0.2) is 4.39 Å². The number of nitrogens with zero attached hydrogens (tertiary/aromatic N) is 2. The number of halogens is 1. The fraction of sp³-hybridized carbons (Fsp3) is 0.500. The van der Waals surface area contributed by atoms with Crippen LogP contribution in [0.15, 0.2) is 28.8 Å². The number of aromatic nitrogens is 2. The van der Waals surface area contributed by atoms with Gasteiger partial charge in [0, 0.05) is 19.0 Å². The molecule has 1 N–H and O–H groups in total. The van der Waals surface area contributed by atoms with Crippen LogP contribution in [-0.4, -0.2) is 16.7 Å². The van der Waals surface area contributed by atoms with Gasteiger partial charge in [0.1, 0.15) is 5.82 Å². The van der Waals surface area contributed by atoms with Gasteiger partial charge in [-0.15, -0.1) is 0 Å². The summed E-state index contributed by atoms with van der Waals surface area (Å²) in [5.74, 6) is 1.11. The molecule has 1 aromatic heterocycles. The Labute approximate surface area is 124 Å². The molecule has 0 bridgehead atoms. The molecule has 0 aliphatic rings. The van der Waals surface area contributed by atoms with Crippen molar-refractivity contribution in [1.29, 1.82) is 0 Å². The van der Waals surface area contributed by atoms with E-state index in [9.17, 15) is 4.39 Å². The maximum Gasteiger partial charge on any atom is 0.227 e. The second kappa shape index (κ2) is 7.88. The van der Waals surface area contributed by atoms with Crippen LogP contribution in [0.4, 0.5) is 4.39 Å². The van der Waals surface area contributed by atoms with E-state index in [0.717, 1.165) is 31.4 Å². The predicted molar refractivity (Wildman–Crippen MR) is 79.4 cm³/mol. The fourth-order valence-corrected chi connectivity index (χ4v) is 2.28. The molecule has 5 heteroatoms. The van der Waals surface area contributed by atoms with E-state index in [2.05, 4.69) is 22.4 Å². The molecule has 0 amide bonds. The number of rotatable bonds is 8. The maximum atomic E-state index is 13.0. The van der Waals surface area contributed by atoms with E-state index in [1.807, 2.05) is 19.1 Å². The third kappa shape index (κ3) is 4.93. The first-order valence-corrected chi connectivity index (χ1v) is 7.47. The van der Waals surface area contributed by atoms with Crippen LogP contribution in [0.5, 0.6) is 0 Å². The molecule has 2 rings (SSSR count). The molecule has 0 saturated carbocycles. The number of benzene rings is 1. The number of hydrogen-bond donors (Lipinski definition) is 1.